The summed E-state index contributed by atoms with van der Waals surface area (Å²) in [5.74, 6) is 1.22. The van der Waals surface area contributed by atoms with Crippen molar-refractivity contribution in [3.05, 3.63) is 18.2 Å². The van der Waals surface area contributed by atoms with E-state index in [9.17, 15) is 4.79 Å². The lowest BCUT2D eigenvalue weighted by Gasteiger charge is -2.07. The van der Waals surface area contributed by atoms with Crippen LogP contribution in [0, 0.1) is 0 Å². The van der Waals surface area contributed by atoms with Crippen LogP contribution in [0.25, 0.3) is 11.4 Å². The Labute approximate surface area is 107 Å². The first kappa shape index (κ1) is 12.7. The van der Waals surface area contributed by atoms with Crippen molar-refractivity contribution < 1.29 is 28.6 Å². The van der Waals surface area contributed by atoms with Gasteiger partial charge in [0, 0.05) is 5.56 Å². The monoisotopic (exact) mass is 266 g/mol. The zero-order valence-electron chi connectivity index (χ0n) is 10.1. The van der Waals surface area contributed by atoms with Crippen molar-refractivity contribution >= 4 is 6.16 Å². The molecule has 0 spiro atoms. The van der Waals surface area contributed by atoms with Gasteiger partial charge >= 0.3 is 12.2 Å². The van der Waals surface area contributed by atoms with Crippen molar-refractivity contribution in [2.75, 3.05) is 14.2 Å². The van der Waals surface area contributed by atoms with Gasteiger partial charge < -0.3 is 19.3 Å². The highest BCUT2D eigenvalue weighted by Gasteiger charge is 2.14. The third kappa shape index (κ3) is 2.73. The van der Waals surface area contributed by atoms with Crippen LogP contribution in [-0.4, -0.2) is 35.6 Å². The maximum atomic E-state index is 10.3. The second-order valence-corrected chi connectivity index (χ2v) is 3.32. The Kier molecular flexibility index (Phi) is 3.51. The summed E-state index contributed by atoms with van der Waals surface area (Å²) in [6.45, 7) is 0. The van der Waals surface area contributed by atoms with Crippen molar-refractivity contribution in [3.8, 4) is 29.0 Å². The third-order valence-electron chi connectivity index (χ3n) is 2.22. The molecule has 0 saturated heterocycles. The lowest BCUT2D eigenvalue weighted by molar-refractivity contribution is 0.125. The number of aromatic nitrogens is 2. The fraction of sp³-hybridized carbons (Fsp3) is 0.182. The molecule has 8 nitrogen and oxygen atoms in total. The minimum atomic E-state index is -1.53. The number of nitrogens with zero attached hydrogens (tertiary/aromatic N) is 2. The van der Waals surface area contributed by atoms with Gasteiger partial charge in [0.15, 0.2) is 11.5 Å². The molecule has 0 bridgehead atoms. The molecule has 100 valence electrons. The average molecular weight is 266 g/mol. The maximum absolute atomic E-state index is 10.3. The van der Waals surface area contributed by atoms with Gasteiger partial charge in [-0.05, 0) is 18.2 Å². The largest absolute Gasteiger partial charge is 0.514 e. The van der Waals surface area contributed by atoms with Crippen molar-refractivity contribution in [2.24, 2.45) is 0 Å². The molecule has 1 N–H and O–H groups in total. The predicted octanol–water partition coefficient (Wildman–Crippen LogP) is 1.81. The van der Waals surface area contributed by atoms with Gasteiger partial charge in [-0.15, -0.1) is 0 Å². The van der Waals surface area contributed by atoms with Crippen LogP contribution in [0.5, 0.6) is 17.6 Å². The molecule has 0 aliphatic carbocycles. The minimum absolute atomic E-state index is 0.178. The molecule has 0 atom stereocenters. The Morgan fingerprint density at radius 2 is 2.00 bits per heavy atom. The van der Waals surface area contributed by atoms with Gasteiger partial charge in [0.25, 0.3) is 0 Å². The van der Waals surface area contributed by atoms with Crippen LogP contribution in [0.1, 0.15) is 0 Å². The Morgan fingerprint density at radius 1 is 1.26 bits per heavy atom. The molecule has 0 saturated carbocycles. The highest BCUT2D eigenvalue weighted by Crippen LogP contribution is 2.31. The van der Waals surface area contributed by atoms with Gasteiger partial charge in [0.2, 0.25) is 5.82 Å². The zero-order chi connectivity index (χ0) is 13.8. The summed E-state index contributed by atoms with van der Waals surface area (Å²) in [5, 5.41) is 12.0. The fourth-order valence-corrected chi connectivity index (χ4v) is 1.42. The Morgan fingerprint density at radius 3 is 2.63 bits per heavy atom. The number of rotatable bonds is 4. The van der Waals surface area contributed by atoms with Crippen molar-refractivity contribution in [3.63, 3.8) is 0 Å². The summed E-state index contributed by atoms with van der Waals surface area (Å²) in [6, 6.07) is 4.98. The van der Waals surface area contributed by atoms with Crippen molar-refractivity contribution in [2.45, 2.75) is 0 Å². The van der Waals surface area contributed by atoms with Crippen LogP contribution in [0.2, 0.25) is 0 Å². The summed E-state index contributed by atoms with van der Waals surface area (Å²) in [5.41, 5.74) is 0.571. The molecule has 0 aliphatic rings. The third-order valence-corrected chi connectivity index (χ3v) is 2.22. The molecule has 0 fully saturated rings. The number of benzene rings is 1. The molecule has 8 heteroatoms. The number of carbonyl (C=O) groups is 1. The number of hydrogen-bond acceptors (Lipinski definition) is 7. The molecule has 2 rings (SSSR count). The molecule has 0 radical (unpaired) electrons. The van der Waals surface area contributed by atoms with E-state index < -0.39 is 12.2 Å². The number of methoxy groups -OCH3 is 2. The smallest absolute Gasteiger partial charge is 0.493 e. The second-order valence-electron chi connectivity index (χ2n) is 3.32. The molecule has 2 aromatic rings. The van der Waals surface area contributed by atoms with E-state index in [4.69, 9.17) is 14.6 Å². The van der Waals surface area contributed by atoms with Gasteiger partial charge in [-0.1, -0.05) is 5.16 Å². The molecule has 1 aromatic carbocycles. The number of carboxylic acid groups (broad SMARTS) is 1. The van der Waals surface area contributed by atoms with Crippen LogP contribution in [0.15, 0.2) is 22.7 Å². The van der Waals surface area contributed by atoms with E-state index >= 15 is 0 Å². The first-order valence-electron chi connectivity index (χ1n) is 5.11. The standard InChI is InChI=1S/C11H10N2O6/c1-16-7-4-3-6(5-8(7)17-2)9-12-10(19-13-9)18-11(14)15/h3-5H,1-2H3,(H,14,15). The van der Waals surface area contributed by atoms with E-state index in [2.05, 4.69) is 19.4 Å². The lowest BCUT2D eigenvalue weighted by Crippen LogP contribution is -2.02. The quantitative estimate of drug-likeness (QED) is 0.835. The van der Waals surface area contributed by atoms with Crippen LogP contribution >= 0.6 is 0 Å². The first-order chi connectivity index (χ1) is 9.13. The van der Waals surface area contributed by atoms with E-state index in [1.54, 1.807) is 18.2 Å². The van der Waals surface area contributed by atoms with Crippen LogP contribution in [-0.2, 0) is 0 Å². The SMILES string of the molecule is COc1ccc(-c2noc(OC(=O)O)n2)cc1OC. The van der Waals surface area contributed by atoms with Crippen LogP contribution in [0.4, 0.5) is 4.79 Å². The molecule has 1 heterocycles. The lowest BCUT2D eigenvalue weighted by atomic mass is 10.2. The average Bonchev–Trinajstić information content (AvgIpc) is 2.85. The van der Waals surface area contributed by atoms with Crippen LogP contribution in [0.3, 0.4) is 0 Å². The molecular formula is C11H10N2O6. The fourth-order valence-electron chi connectivity index (χ4n) is 1.42. The topological polar surface area (TPSA) is 104 Å². The van der Waals surface area contributed by atoms with Gasteiger partial charge in [0.1, 0.15) is 0 Å². The Hall–Kier alpha value is -2.77. The predicted molar refractivity (Wildman–Crippen MR) is 61.5 cm³/mol. The maximum Gasteiger partial charge on any atom is 0.514 e. The minimum Gasteiger partial charge on any atom is -0.493 e. The molecule has 19 heavy (non-hydrogen) atoms. The summed E-state index contributed by atoms with van der Waals surface area (Å²) in [4.78, 5) is 14.1. The van der Waals surface area contributed by atoms with E-state index in [0.29, 0.717) is 17.1 Å². The van der Waals surface area contributed by atoms with E-state index in [0.717, 1.165) is 0 Å². The zero-order valence-corrected chi connectivity index (χ0v) is 10.1. The summed E-state index contributed by atoms with van der Waals surface area (Å²) < 4.78 is 19.1. The highest BCUT2D eigenvalue weighted by atomic mass is 16.7. The summed E-state index contributed by atoms with van der Waals surface area (Å²) in [6.07, 6.45) is -1.97. The van der Waals surface area contributed by atoms with Crippen molar-refractivity contribution in [1.29, 1.82) is 0 Å². The molecule has 1 aromatic heterocycles. The van der Waals surface area contributed by atoms with E-state index in [-0.39, 0.29) is 5.82 Å². The second kappa shape index (κ2) is 5.25. The van der Waals surface area contributed by atoms with Gasteiger partial charge in [-0.25, -0.2) is 4.79 Å². The van der Waals surface area contributed by atoms with Gasteiger partial charge in [-0.2, -0.15) is 4.98 Å². The normalized spacial score (nSPS) is 10.0. The van der Waals surface area contributed by atoms with Gasteiger partial charge in [-0.3, -0.25) is 4.52 Å². The summed E-state index contributed by atoms with van der Waals surface area (Å²) >= 11 is 0. The number of ether oxygens (including phenoxy) is 3. The molecule has 0 amide bonds. The van der Waals surface area contributed by atoms with Crippen molar-refractivity contribution in [1.82, 2.24) is 10.1 Å². The van der Waals surface area contributed by atoms with E-state index in [1.807, 2.05) is 0 Å². The van der Waals surface area contributed by atoms with E-state index in [1.165, 1.54) is 14.2 Å². The molecule has 0 aliphatic heterocycles. The highest BCUT2D eigenvalue weighted by molar-refractivity contribution is 5.62. The summed E-state index contributed by atoms with van der Waals surface area (Å²) in [7, 11) is 3.02. The number of hydrogen-bond donors (Lipinski definition) is 1. The molecule has 0 unspecified atom stereocenters. The van der Waals surface area contributed by atoms with Crippen LogP contribution < -0.4 is 14.2 Å². The Balaban J connectivity index is 2.31. The Bertz CT molecular complexity index is 595. The first-order valence-corrected chi connectivity index (χ1v) is 5.11. The van der Waals surface area contributed by atoms with Gasteiger partial charge in [0.05, 0.1) is 14.2 Å². The molecular weight excluding hydrogens is 256 g/mol.